The molecule has 0 aromatic heterocycles. The van der Waals surface area contributed by atoms with Crippen LogP contribution in [0.1, 0.15) is 12.8 Å². The first-order valence-electron chi connectivity index (χ1n) is 5.35. The number of nitrogens with one attached hydrogen (secondary N) is 1. The molecule has 1 aliphatic heterocycles. The molecule has 2 aliphatic rings. The van der Waals surface area contributed by atoms with Crippen molar-refractivity contribution in [3.05, 3.63) is 0 Å². The number of thioether (sulfide) groups is 1. The summed E-state index contributed by atoms with van der Waals surface area (Å²) in [6, 6.07) is 0.0428. The number of rotatable bonds is 3. The summed E-state index contributed by atoms with van der Waals surface area (Å²) >= 11 is 1.88. The van der Waals surface area contributed by atoms with Crippen molar-refractivity contribution in [2.75, 3.05) is 31.6 Å². The minimum absolute atomic E-state index is 0.0428. The van der Waals surface area contributed by atoms with Crippen molar-refractivity contribution in [3.63, 3.8) is 0 Å². The van der Waals surface area contributed by atoms with Gasteiger partial charge in [0.25, 0.3) is 0 Å². The molecule has 1 aliphatic carbocycles. The highest BCUT2D eigenvalue weighted by Gasteiger charge is 2.31. The highest BCUT2D eigenvalue weighted by molar-refractivity contribution is 7.99. The van der Waals surface area contributed by atoms with E-state index >= 15 is 0 Å². The number of amides is 1. The lowest BCUT2D eigenvalue weighted by Gasteiger charge is -2.23. The third-order valence-electron chi connectivity index (χ3n) is 2.92. The molecule has 14 heavy (non-hydrogen) atoms. The van der Waals surface area contributed by atoms with Crippen molar-refractivity contribution in [2.24, 2.45) is 5.92 Å². The second-order valence-electron chi connectivity index (χ2n) is 4.14. The van der Waals surface area contributed by atoms with E-state index in [1.807, 2.05) is 18.8 Å². The van der Waals surface area contributed by atoms with E-state index in [9.17, 15) is 4.79 Å². The molecule has 4 heteroatoms. The standard InChI is InChI=1S/C10H18N2OS/c1-11-9-7-14-5-4-12(10(9)13)6-8-2-3-8/h8-9,11H,2-7H2,1H3. The predicted octanol–water partition coefficient (Wildman–Crippen LogP) is 0.560. The number of carbonyl (C=O) groups excluding carboxylic acids is 1. The SMILES string of the molecule is CNC1CSCCN(CC2CC2)C1=O. The second-order valence-corrected chi connectivity index (χ2v) is 5.29. The smallest absolute Gasteiger partial charge is 0.240 e. The highest BCUT2D eigenvalue weighted by atomic mass is 32.2. The third kappa shape index (κ3) is 2.42. The Morgan fingerprint density at radius 1 is 1.57 bits per heavy atom. The van der Waals surface area contributed by atoms with Gasteiger partial charge in [0.05, 0.1) is 6.04 Å². The van der Waals surface area contributed by atoms with Crippen molar-refractivity contribution in [2.45, 2.75) is 18.9 Å². The summed E-state index contributed by atoms with van der Waals surface area (Å²) in [4.78, 5) is 14.0. The van der Waals surface area contributed by atoms with Gasteiger partial charge >= 0.3 is 0 Å². The molecular formula is C10H18N2OS. The van der Waals surface area contributed by atoms with Crippen LogP contribution in [0.4, 0.5) is 0 Å². The first-order valence-corrected chi connectivity index (χ1v) is 6.50. The molecule has 1 N–H and O–H groups in total. The van der Waals surface area contributed by atoms with Crippen LogP contribution in [0.5, 0.6) is 0 Å². The Labute approximate surface area is 89.6 Å². The Balaban J connectivity index is 1.94. The van der Waals surface area contributed by atoms with Gasteiger partial charge in [-0.05, 0) is 25.8 Å². The van der Waals surface area contributed by atoms with E-state index in [1.54, 1.807) is 0 Å². The monoisotopic (exact) mass is 214 g/mol. The number of carbonyl (C=O) groups is 1. The van der Waals surface area contributed by atoms with Crippen LogP contribution in [0.3, 0.4) is 0 Å². The van der Waals surface area contributed by atoms with Crippen molar-refractivity contribution in [1.82, 2.24) is 10.2 Å². The number of likely N-dealkylation sites (N-methyl/N-ethyl adjacent to an activating group) is 1. The van der Waals surface area contributed by atoms with Gasteiger partial charge in [-0.15, -0.1) is 0 Å². The molecule has 1 saturated heterocycles. The topological polar surface area (TPSA) is 32.3 Å². The molecule has 0 aromatic carbocycles. The van der Waals surface area contributed by atoms with Gasteiger partial charge in [0.15, 0.2) is 0 Å². The quantitative estimate of drug-likeness (QED) is 0.745. The van der Waals surface area contributed by atoms with Crippen molar-refractivity contribution in [1.29, 1.82) is 0 Å². The molecule has 3 nitrogen and oxygen atoms in total. The van der Waals surface area contributed by atoms with Crippen LogP contribution >= 0.6 is 11.8 Å². The minimum Gasteiger partial charge on any atom is -0.340 e. The van der Waals surface area contributed by atoms with E-state index in [4.69, 9.17) is 0 Å². The summed E-state index contributed by atoms with van der Waals surface area (Å²) in [6.45, 7) is 1.94. The van der Waals surface area contributed by atoms with Crippen LogP contribution in [0.2, 0.25) is 0 Å². The van der Waals surface area contributed by atoms with Crippen LogP contribution < -0.4 is 5.32 Å². The fraction of sp³-hybridized carbons (Fsp3) is 0.900. The Kier molecular flexibility index (Phi) is 3.34. The summed E-state index contributed by atoms with van der Waals surface area (Å²) < 4.78 is 0. The molecule has 1 saturated carbocycles. The Morgan fingerprint density at radius 3 is 3.00 bits per heavy atom. The van der Waals surface area contributed by atoms with Gasteiger partial charge in [0.1, 0.15) is 0 Å². The molecule has 1 heterocycles. The lowest BCUT2D eigenvalue weighted by Crippen LogP contribution is -2.46. The normalized spacial score (nSPS) is 29.1. The lowest BCUT2D eigenvalue weighted by atomic mass is 10.2. The molecule has 2 fully saturated rings. The molecule has 80 valence electrons. The zero-order valence-corrected chi connectivity index (χ0v) is 9.48. The fourth-order valence-electron chi connectivity index (χ4n) is 1.78. The fourth-order valence-corrected chi connectivity index (χ4v) is 2.84. The van der Waals surface area contributed by atoms with E-state index in [1.165, 1.54) is 12.8 Å². The van der Waals surface area contributed by atoms with Gasteiger partial charge in [0, 0.05) is 24.6 Å². The summed E-state index contributed by atoms with van der Waals surface area (Å²) in [5.74, 6) is 3.14. The second kappa shape index (κ2) is 4.53. The zero-order chi connectivity index (χ0) is 9.97. The molecule has 1 atom stereocenters. The van der Waals surface area contributed by atoms with Crippen molar-refractivity contribution in [3.8, 4) is 0 Å². The first kappa shape index (κ1) is 10.3. The Morgan fingerprint density at radius 2 is 2.36 bits per heavy atom. The van der Waals surface area contributed by atoms with Crippen LogP contribution in [-0.4, -0.2) is 48.5 Å². The Bertz CT molecular complexity index is 218. The number of hydrogen-bond acceptors (Lipinski definition) is 3. The molecule has 2 rings (SSSR count). The molecular weight excluding hydrogens is 196 g/mol. The van der Waals surface area contributed by atoms with Gasteiger partial charge in [-0.3, -0.25) is 4.79 Å². The average molecular weight is 214 g/mol. The third-order valence-corrected chi connectivity index (χ3v) is 3.96. The first-order chi connectivity index (χ1) is 6.81. The van der Waals surface area contributed by atoms with Crippen LogP contribution in [0.25, 0.3) is 0 Å². The zero-order valence-electron chi connectivity index (χ0n) is 8.66. The molecule has 0 spiro atoms. The summed E-state index contributed by atoms with van der Waals surface area (Å²) in [5, 5.41) is 3.11. The van der Waals surface area contributed by atoms with Gasteiger partial charge in [-0.25, -0.2) is 0 Å². The molecule has 0 aromatic rings. The largest absolute Gasteiger partial charge is 0.340 e. The van der Waals surface area contributed by atoms with Crippen LogP contribution in [-0.2, 0) is 4.79 Å². The predicted molar refractivity (Wildman–Crippen MR) is 59.5 cm³/mol. The molecule has 0 radical (unpaired) electrons. The van der Waals surface area contributed by atoms with E-state index in [-0.39, 0.29) is 6.04 Å². The van der Waals surface area contributed by atoms with Gasteiger partial charge < -0.3 is 10.2 Å². The van der Waals surface area contributed by atoms with Crippen LogP contribution in [0.15, 0.2) is 0 Å². The maximum atomic E-state index is 12.0. The van der Waals surface area contributed by atoms with E-state index in [2.05, 4.69) is 10.2 Å². The van der Waals surface area contributed by atoms with E-state index in [0.29, 0.717) is 5.91 Å². The minimum atomic E-state index is 0.0428. The van der Waals surface area contributed by atoms with Gasteiger partial charge in [0.2, 0.25) is 5.91 Å². The van der Waals surface area contributed by atoms with Gasteiger partial charge in [-0.1, -0.05) is 0 Å². The molecule has 0 bridgehead atoms. The maximum Gasteiger partial charge on any atom is 0.240 e. The Hall–Kier alpha value is -0.220. The number of nitrogens with zero attached hydrogens (tertiary/aromatic N) is 1. The maximum absolute atomic E-state index is 12.0. The van der Waals surface area contributed by atoms with Crippen molar-refractivity contribution >= 4 is 17.7 Å². The molecule has 1 amide bonds. The van der Waals surface area contributed by atoms with Gasteiger partial charge in [-0.2, -0.15) is 11.8 Å². The summed E-state index contributed by atoms with van der Waals surface area (Å²) in [6.07, 6.45) is 2.64. The van der Waals surface area contributed by atoms with E-state index < -0.39 is 0 Å². The summed E-state index contributed by atoms with van der Waals surface area (Å²) in [5.41, 5.74) is 0. The summed E-state index contributed by atoms with van der Waals surface area (Å²) in [7, 11) is 1.88. The lowest BCUT2D eigenvalue weighted by molar-refractivity contribution is -0.132. The van der Waals surface area contributed by atoms with E-state index in [0.717, 1.165) is 30.5 Å². The van der Waals surface area contributed by atoms with Crippen LogP contribution in [0, 0.1) is 5.92 Å². The highest BCUT2D eigenvalue weighted by Crippen LogP contribution is 2.30. The number of hydrogen-bond donors (Lipinski definition) is 1. The average Bonchev–Trinajstić information content (AvgIpc) is 2.99. The van der Waals surface area contributed by atoms with Crippen molar-refractivity contribution < 1.29 is 4.79 Å². The molecule has 1 unspecified atom stereocenters.